The standard InChI is InChI=1S/C19H26N4O/c1-22-14-20-21-19(22)16-6-9-23(10-7-16)13-15-8-11-24-18-5-3-2-4-17(18)12-15/h2-5,14-16H,6-13H2,1H3. The van der Waals surface area contributed by atoms with E-state index in [0.29, 0.717) is 11.8 Å². The second kappa shape index (κ2) is 6.93. The fourth-order valence-electron chi connectivity index (χ4n) is 4.12. The summed E-state index contributed by atoms with van der Waals surface area (Å²) in [6.07, 6.45) is 6.47. The van der Waals surface area contributed by atoms with Crippen LogP contribution in [-0.4, -0.2) is 45.9 Å². The van der Waals surface area contributed by atoms with Crippen LogP contribution in [0.25, 0.3) is 0 Å². The topological polar surface area (TPSA) is 43.2 Å². The van der Waals surface area contributed by atoms with Crippen molar-refractivity contribution in [1.82, 2.24) is 19.7 Å². The summed E-state index contributed by atoms with van der Waals surface area (Å²) in [5, 5.41) is 8.32. The molecule has 2 aliphatic rings. The predicted octanol–water partition coefficient (Wildman–Crippen LogP) is 2.64. The van der Waals surface area contributed by atoms with Gasteiger partial charge in [-0.1, -0.05) is 18.2 Å². The molecule has 3 heterocycles. The third-order valence-corrected chi connectivity index (χ3v) is 5.48. The Kier molecular flexibility index (Phi) is 4.52. The maximum Gasteiger partial charge on any atom is 0.135 e. The molecule has 1 atom stereocenters. The van der Waals surface area contributed by atoms with Crippen molar-refractivity contribution in [2.75, 3.05) is 26.2 Å². The number of hydrogen-bond donors (Lipinski definition) is 0. The summed E-state index contributed by atoms with van der Waals surface area (Å²) in [6, 6.07) is 8.51. The minimum atomic E-state index is 0.562. The average Bonchev–Trinajstić information content (AvgIpc) is 2.92. The molecule has 128 valence electrons. The molecule has 4 rings (SSSR count). The van der Waals surface area contributed by atoms with Crippen LogP contribution in [0.1, 0.15) is 36.6 Å². The van der Waals surface area contributed by atoms with Crippen molar-refractivity contribution in [2.45, 2.75) is 31.6 Å². The summed E-state index contributed by atoms with van der Waals surface area (Å²) in [5.74, 6) is 3.49. The number of para-hydroxylation sites is 1. The molecular formula is C19H26N4O. The Hall–Kier alpha value is -1.88. The average molecular weight is 326 g/mol. The number of benzene rings is 1. The normalized spacial score (nSPS) is 22.6. The predicted molar refractivity (Wildman–Crippen MR) is 93.2 cm³/mol. The Morgan fingerprint density at radius 3 is 2.79 bits per heavy atom. The van der Waals surface area contributed by atoms with E-state index >= 15 is 0 Å². The highest BCUT2D eigenvalue weighted by Gasteiger charge is 2.26. The molecule has 2 aliphatic heterocycles. The maximum atomic E-state index is 5.91. The van der Waals surface area contributed by atoms with E-state index in [1.54, 1.807) is 0 Å². The number of piperidine rings is 1. The molecule has 1 fully saturated rings. The van der Waals surface area contributed by atoms with Gasteiger partial charge in [0.2, 0.25) is 0 Å². The monoisotopic (exact) mass is 326 g/mol. The quantitative estimate of drug-likeness (QED) is 0.870. The molecule has 5 heteroatoms. The number of aryl methyl sites for hydroxylation is 1. The molecule has 1 unspecified atom stereocenters. The highest BCUT2D eigenvalue weighted by atomic mass is 16.5. The summed E-state index contributed by atoms with van der Waals surface area (Å²) >= 11 is 0. The number of rotatable bonds is 3. The van der Waals surface area contributed by atoms with Gasteiger partial charge in [0.25, 0.3) is 0 Å². The third-order valence-electron chi connectivity index (χ3n) is 5.48. The molecule has 0 aliphatic carbocycles. The number of hydrogen-bond acceptors (Lipinski definition) is 4. The van der Waals surface area contributed by atoms with Gasteiger partial charge in [-0.3, -0.25) is 0 Å². The molecule has 0 saturated carbocycles. The number of aromatic nitrogens is 3. The fourth-order valence-corrected chi connectivity index (χ4v) is 4.12. The van der Waals surface area contributed by atoms with Gasteiger partial charge in [-0.05, 0) is 56.3 Å². The zero-order chi connectivity index (χ0) is 16.4. The van der Waals surface area contributed by atoms with Crippen molar-refractivity contribution in [3.05, 3.63) is 42.0 Å². The molecule has 1 saturated heterocycles. The summed E-state index contributed by atoms with van der Waals surface area (Å²) < 4.78 is 7.98. The lowest BCUT2D eigenvalue weighted by Gasteiger charge is -2.33. The molecule has 0 bridgehead atoms. The lowest BCUT2D eigenvalue weighted by atomic mass is 9.92. The first-order valence-electron chi connectivity index (χ1n) is 9.06. The first-order valence-corrected chi connectivity index (χ1v) is 9.06. The van der Waals surface area contributed by atoms with Crippen LogP contribution in [0.4, 0.5) is 0 Å². The van der Waals surface area contributed by atoms with Crippen LogP contribution in [0.15, 0.2) is 30.6 Å². The number of nitrogens with zero attached hydrogens (tertiary/aromatic N) is 4. The Balaban J connectivity index is 1.33. The van der Waals surface area contributed by atoms with Crippen molar-refractivity contribution in [1.29, 1.82) is 0 Å². The van der Waals surface area contributed by atoms with Gasteiger partial charge in [-0.2, -0.15) is 0 Å². The minimum absolute atomic E-state index is 0.562. The van der Waals surface area contributed by atoms with E-state index < -0.39 is 0 Å². The minimum Gasteiger partial charge on any atom is -0.493 e. The van der Waals surface area contributed by atoms with E-state index in [4.69, 9.17) is 4.74 Å². The molecule has 0 amide bonds. The van der Waals surface area contributed by atoms with E-state index in [0.717, 1.165) is 44.1 Å². The van der Waals surface area contributed by atoms with Crippen molar-refractivity contribution >= 4 is 0 Å². The molecular weight excluding hydrogens is 300 g/mol. The smallest absolute Gasteiger partial charge is 0.135 e. The van der Waals surface area contributed by atoms with E-state index in [9.17, 15) is 0 Å². The fraction of sp³-hybridized carbons (Fsp3) is 0.579. The van der Waals surface area contributed by atoms with E-state index in [1.807, 2.05) is 13.4 Å². The molecule has 2 aromatic rings. The second-order valence-electron chi connectivity index (χ2n) is 7.19. The number of fused-ring (bicyclic) bond motifs is 1. The highest BCUT2D eigenvalue weighted by molar-refractivity contribution is 5.34. The van der Waals surface area contributed by atoms with E-state index in [1.165, 1.54) is 24.9 Å². The van der Waals surface area contributed by atoms with Crippen LogP contribution < -0.4 is 4.74 Å². The van der Waals surface area contributed by atoms with Gasteiger partial charge >= 0.3 is 0 Å². The third kappa shape index (κ3) is 3.31. The van der Waals surface area contributed by atoms with Gasteiger partial charge in [0.1, 0.15) is 17.9 Å². The Morgan fingerprint density at radius 1 is 1.17 bits per heavy atom. The van der Waals surface area contributed by atoms with Gasteiger partial charge in [0.05, 0.1) is 6.61 Å². The SMILES string of the molecule is Cn1cnnc1C1CCN(CC2CCOc3ccccc3C2)CC1. The summed E-state index contributed by atoms with van der Waals surface area (Å²) in [4.78, 5) is 2.63. The summed E-state index contributed by atoms with van der Waals surface area (Å²) in [6.45, 7) is 4.35. The van der Waals surface area contributed by atoms with Crippen LogP contribution >= 0.6 is 0 Å². The van der Waals surface area contributed by atoms with E-state index in [2.05, 4.69) is 43.9 Å². The molecule has 0 N–H and O–H groups in total. The zero-order valence-corrected chi connectivity index (χ0v) is 14.4. The molecule has 1 aromatic heterocycles. The van der Waals surface area contributed by atoms with Gasteiger partial charge in [-0.25, -0.2) is 0 Å². The maximum absolute atomic E-state index is 5.91. The number of likely N-dealkylation sites (tertiary alicyclic amines) is 1. The van der Waals surface area contributed by atoms with Crippen LogP contribution in [0.5, 0.6) is 5.75 Å². The lowest BCUT2D eigenvalue weighted by molar-refractivity contribution is 0.169. The van der Waals surface area contributed by atoms with Crippen molar-refractivity contribution in [3.63, 3.8) is 0 Å². The summed E-state index contributed by atoms with van der Waals surface area (Å²) in [5.41, 5.74) is 1.37. The van der Waals surface area contributed by atoms with Crippen LogP contribution in [0.3, 0.4) is 0 Å². The highest BCUT2D eigenvalue weighted by Crippen LogP contribution is 2.30. The van der Waals surface area contributed by atoms with Gasteiger partial charge in [0, 0.05) is 19.5 Å². The van der Waals surface area contributed by atoms with Gasteiger partial charge in [-0.15, -0.1) is 10.2 Å². The van der Waals surface area contributed by atoms with Gasteiger partial charge < -0.3 is 14.2 Å². The largest absolute Gasteiger partial charge is 0.493 e. The Labute approximate surface area is 143 Å². The second-order valence-corrected chi connectivity index (χ2v) is 7.19. The molecule has 5 nitrogen and oxygen atoms in total. The summed E-state index contributed by atoms with van der Waals surface area (Å²) in [7, 11) is 2.05. The zero-order valence-electron chi connectivity index (χ0n) is 14.4. The first kappa shape index (κ1) is 15.6. The van der Waals surface area contributed by atoms with Crippen LogP contribution in [0, 0.1) is 5.92 Å². The first-order chi connectivity index (χ1) is 11.8. The lowest BCUT2D eigenvalue weighted by Crippen LogP contribution is -2.37. The molecule has 0 radical (unpaired) electrons. The van der Waals surface area contributed by atoms with Crippen molar-refractivity contribution in [2.24, 2.45) is 13.0 Å². The molecule has 0 spiro atoms. The van der Waals surface area contributed by atoms with Crippen molar-refractivity contribution < 1.29 is 4.74 Å². The van der Waals surface area contributed by atoms with Gasteiger partial charge in [0.15, 0.2) is 0 Å². The van der Waals surface area contributed by atoms with E-state index in [-0.39, 0.29) is 0 Å². The van der Waals surface area contributed by atoms with Crippen molar-refractivity contribution in [3.8, 4) is 5.75 Å². The van der Waals surface area contributed by atoms with Crippen LogP contribution in [-0.2, 0) is 13.5 Å². The Morgan fingerprint density at radius 2 is 2.00 bits per heavy atom. The molecule has 1 aromatic carbocycles. The van der Waals surface area contributed by atoms with Crippen LogP contribution in [0.2, 0.25) is 0 Å². The Bertz CT molecular complexity index is 676. The number of ether oxygens (including phenoxy) is 1. The molecule has 24 heavy (non-hydrogen) atoms.